The standard InChI is InChI=1S/C42H28N4/c1-3-13-29(14-4-1)35-28-36(44-42(43-35)31-15-5-2-6-16-31)30-23-25-33(26-24-30)45-38-20-10-8-18-34(38)41-27-32-17-7-9-19-37(32)46(41)40-22-12-11-21-39(40)45/h1-28H. The van der Waals surface area contributed by atoms with E-state index in [2.05, 4.69) is 143 Å². The van der Waals surface area contributed by atoms with Crippen molar-refractivity contribution in [3.8, 4) is 50.8 Å². The molecule has 0 saturated carbocycles. The molecule has 2 aromatic heterocycles. The van der Waals surface area contributed by atoms with Crippen LogP contribution in [0.5, 0.6) is 0 Å². The van der Waals surface area contributed by atoms with E-state index in [9.17, 15) is 0 Å². The lowest BCUT2D eigenvalue weighted by Gasteiger charge is -2.27. The molecule has 8 aromatic rings. The average molecular weight is 589 g/mol. The second-order valence-electron chi connectivity index (χ2n) is 11.5. The van der Waals surface area contributed by atoms with Gasteiger partial charge in [-0.15, -0.1) is 0 Å². The maximum Gasteiger partial charge on any atom is 0.160 e. The lowest BCUT2D eigenvalue weighted by Crippen LogP contribution is -2.11. The van der Waals surface area contributed by atoms with E-state index in [-0.39, 0.29) is 0 Å². The van der Waals surface area contributed by atoms with Crippen LogP contribution >= 0.6 is 0 Å². The number of aromatic nitrogens is 3. The highest BCUT2D eigenvalue weighted by molar-refractivity contribution is 5.99. The molecular weight excluding hydrogens is 560 g/mol. The summed E-state index contributed by atoms with van der Waals surface area (Å²) in [6.45, 7) is 0. The molecule has 4 nitrogen and oxygen atoms in total. The molecule has 0 bridgehead atoms. The summed E-state index contributed by atoms with van der Waals surface area (Å²) in [7, 11) is 0. The average Bonchev–Trinajstić information content (AvgIpc) is 3.47. The van der Waals surface area contributed by atoms with Crippen molar-refractivity contribution < 1.29 is 0 Å². The van der Waals surface area contributed by atoms with E-state index in [0.29, 0.717) is 5.82 Å². The summed E-state index contributed by atoms with van der Waals surface area (Å²) in [4.78, 5) is 12.4. The van der Waals surface area contributed by atoms with Crippen LogP contribution < -0.4 is 4.90 Å². The molecule has 0 atom stereocenters. The maximum atomic E-state index is 5.05. The van der Waals surface area contributed by atoms with E-state index >= 15 is 0 Å². The topological polar surface area (TPSA) is 34.0 Å². The molecule has 0 spiro atoms. The highest BCUT2D eigenvalue weighted by Crippen LogP contribution is 2.48. The summed E-state index contributed by atoms with van der Waals surface area (Å²) in [6, 6.07) is 59.6. The summed E-state index contributed by atoms with van der Waals surface area (Å²) in [5.74, 6) is 0.713. The zero-order valence-corrected chi connectivity index (χ0v) is 25.0. The van der Waals surface area contributed by atoms with Crippen molar-refractivity contribution in [2.75, 3.05) is 4.90 Å². The van der Waals surface area contributed by atoms with Gasteiger partial charge in [-0.05, 0) is 48.5 Å². The molecule has 3 heterocycles. The lowest BCUT2D eigenvalue weighted by atomic mass is 10.0. The van der Waals surface area contributed by atoms with Crippen molar-refractivity contribution in [1.29, 1.82) is 0 Å². The minimum atomic E-state index is 0.713. The van der Waals surface area contributed by atoms with Gasteiger partial charge in [0.1, 0.15) is 0 Å². The van der Waals surface area contributed by atoms with Crippen molar-refractivity contribution >= 4 is 28.0 Å². The van der Waals surface area contributed by atoms with Gasteiger partial charge in [0.15, 0.2) is 5.82 Å². The number of benzene rings is 6. The van der Waals surface area contributed by atoms with E-state index < -0.39 is 0 Å². The third-order valence-corrected chi connectivity index (χ3v) is 8.74. The van der Waals surface area contributed by atoms with Gasteiger partial charge in [0.25, 0.3) is 0 Å². The van der Waals surface area contributed by atoms with E-state index in [0.717, 1.165) is 50.8 Å². The molecule has 1 aliphatic rings. The molecule has 0 radical (unpaired) electrons. The smallest absolute Gasteiger partial charge is 0.160 e. The fourth-order valence-corrected chi connectivity index (χ4v) is 6.60. The quantitative estimate of drug-likeness (QED) is 0.205. The Morgan fingerprint density at radius 3 is 1.72 bits per heavy atom. The molecule has 0 saturated heterocycles. The molecule has 9 rings (SSSR count). The highest BCUT2D eigenvalue weighted by atomic mass is 15.2. The molecule has 0 fully saturated rings. The Bertz CT molecular complexity index is 2300. The largest absolute Gasteiger partial charge is 0.308 e. The fraction of sp³-hybridized carbons (Fsp3) is 0. The fourth-order valence-electron chi connectivity index (χ4n) is 6.60. The van der Waals surface area contributed by atoms with Crippen LogP contribution in [-0.4, -0.2) is 14.5 Å². The molecule has 0 unspecified atom stereocenters. The van der Waals surface area contributed by atoms with Crippen LogP contribution in [0.15, 0.2) is 170 Å². The van der Waals surface area contributed by atoms with Crippen molar-refractivity contribution in [3.05, 3.63) is 170 Å². The summed E-state index contributed by atoms with van der Waals surface area (Å²) in [5, 5.41) is 1.23. The van der Waals surface area contributed by atoms with Crippen LogP contribution in [0.2, 0.25) is 0 Å². The third kappa shape index (κ3) is 4.31. The first-order valence-electron chi connectivity index (χ1n) is 15.5. The molecule has 0 N–H and O–H groups in total. The third-order valence-electron chi connectivity index (χ3n) is 8.74. The van der Waals surface area contributed by atoms with E-state index in [1.54, 1.807) is 0 Å². The first-order chi connectivity index (χ1) is 22.8. The van der Waals surface area contributed by atoms with Crippen LogP contribution in [-0.2, 0) is 0 Å². The van der Waals surface area contributed by atoms with Gasteiger partial charge >= 0.3 is 0 Å². The number of nitrogens with zero attached hydrogens (tertiary/aromatic N) is 4. The van der Waals surface area contributed by atoms with Crippen LogP contribution in [0, 0.1) is 0 Å². The second kappa shape index (κ2) is 10.7. The highest BCUT2D eigenvalue weighted by Gasteiger charge is 2.27. The molecule has 6 aromatic carbocycles. The summed E-state index contributed by atoms with van der Waals surface area (Å²) in [6.07, 6.45) is 0. The van der Waals surface area contributed by atoms with Gasteiger partial charge in [0, 0.05) is 33.3 Å². The van der Waals surface area contributed by atoms with E-state index in [1.807, 2.05) is 36.4 Å². The van der Waals surface area contributed by atoms with Crippen LogP contribution in [0.3, 0.4) is 0 Å². The number of para-hydroxylation sites is 4. The van der Waals surface area contributed by atoms with Gasteiger partial charge in [-0.25, -0.2) is 9.97 Å². The van der Waals surface area contributed by atoms with Crippen LogP contribution in [0.4, 0.5) is 17.1 Å². The Labute approximate surface area is 267 Å². The molecule has 0 amide bonds. The molecule has 46 heavy (non-hydrogen) atoms. The zero-order chi connectivity index (χ0) is 30.5. The number of fused-ring (bicyclic) bond motifs is 7. The predicted molar refractivity (Wildman–Crippen MR) is 189 cm³/mol. The van der Waals surface area contributed by atoms with Crippen LogP contribution in [0.25, 0.3) is 61.8 Å². The number of anilines is 3. The lowest BCUT2D eigenvalue weighted by molar-refractivity contribution is 1.14. The van der Waals surface area contributed by atoms with Gasteiger partial charge in [0.2, 0.25) is 0 Å². The Hall–Kier alpha value is -6.26. The van der Waals surface area contributed by atoms with Gasteiger partial charge in [0.05, 0.1) is 39.7 Å². The molecule has 1 aliphatic heterocycles. The van der Waals surface area contributed by atoms with Crippen molar-refractivity contribution in [2.45, 2.75) is 0 Å². The van der Waals surface area contributed by atoms with Gasteiger partial charge < -0.3 is 9.47 Å². The SMILES string of the molecule is c1ccc(-c2cc(-c3ccc(N4c5ccccc5-c5cc6ccccc6n5-c5ccccc54)cc3)nc(-c3ccccc3)n2)cc1. The number of hydrogen-bond acceptors (Lipinski definition) is 3. The summed E-state index contributed by atoms with van der Waals surface area (Å²) in [5.41, 5.74) is 13.0. The van der Waals surface area contributed by atoms with Gasteiger partial charge in [-0.1, -0.05) is 121 Å². The predicted octanol–water partition coefficient (Wildman–Crippen LogP) is 10.9. The van der Waals surface area contributed by atoms with Gasteiger partial charge in [-0.2, -0.15) is 0 Å². The Kier molecular flexibility index (Phi) is 6.10. The monoisotopic (exact) mass is 588 g/mol. The molecule has 4 heteroatoms. The molecule has 0 aliphatic carbocycles. The van der Waals surface area contributed by atoms with Gasteiger partial charge in [-0.3, -0.25) is 0 Å². The van der Waals surface area contributed by atoms with E-state index in [1.165, 1.54) is 22.2 Å². The number of rotatable bonds is 4. The van der Waals surface area contributed by atoms with Crippen molar-refractivity contribution in [2.24, 2.45) is 0 Å². The molecule has 216 valence electrons. The minimum absolute atomic E-state index is 0.713. The first-order valence-corrected chi connectivity index (χ1v) is 15.5. The van der Waals surface area contributed by atoms with Crippen molar-refractivity contribution in [3.63, 3.8) is 0 Å². The minimum Gasteiger partial charge on any atom is -0.308 e. The Morgan fingerprint density at radius 2 is 0.978 bits per heavy atom. The Morgan fingerprint density at radius 1 is 0.413 bits per heavy atom. The normalized spacial score (nSPS) is 11.9. The molecular formula is C42H28N4. The summed E-state index contributed by atoms with van der Waals surface area (Å²) < 4.78 is 2.40. The zero-order valence-electron chi connectivity index (χ0n) is 25.0. The van der Waals surface area contributed by atoms with Crippen molar-refractivity contribution in [1.82, 2.24) is 14.5 Å². The van der Waals surface area contributed by atoms with E-state index in [4.69, 9.17) is 9.97 Å². The Balaban J connectivity index is 1.19. The maximum absolute atomic E-state index is 5.05. The van der Waals surface area contributed by atoms with Crippen LogP contribution in [0.1, 0.15) is 0 Å². The second-order valence-corrected chi connectivity index (χ2v) is 11.5. The number of hydrogen-bond donors (Lipinski definition) is 0. The summed E-state index contributed by atoms with van der Waals surface area (Å²) >= 11 is 0. The first kappa shape index (κ1) is 26.2.